The molecule has 0 bridgehead atoms. The van der Waals surface area contributed by atoms with Crippen LogP contribution in [-0.4, -0.2) is 62.5 Å². The highest BCUT2D eigenvalue weighted by Gasteiger charge is 2.50. The number of rotatable bonds is 3. The Labute approximate surface area is 153 Å². The number of imidazole rings is 1. The summed E-state index contributed by atoms with van der Waals surface area (Å²) in [5.41, 5.74) is 0.479. The molecule has 1 unspecified atom stereocenters. The van der Waals surface area contributed by atoms with E-state index >= 15 is 0 Å². The Morgan fingerprint density at radius 1 is 1.19 bits per heavy atom. The molecule has 144 valence electrons. The molecular weight excluding hydrogens is 354 g/mol. The van der Waals surface area contributed by atoms with Gasteiger partial charge in [-0.15, -0.1) is 0 Å². The summed E-state index contributed by atoms with van der Waals surface area (Å²) < 4.78 is 16.9. The molecule has 0 amide bonds. The van der Waals surface area contributed by atoms with Crippen LogP contribution in [0.5, 0.6) is 5.75 Å². The van der Waals surface area contributed by atoms with Gasteiger partial charge < -0.3 is 29.4 Å². The van der Waals surface area contributed by atoms with E-state index in [1.807, 2.05) is 0 Å². The smallest absolute Gasteiger partial charge is 0.325 e. The average molecular weight is 375 g/mol. The van der Waals surface area contributed by atoms with Crippen molar-refractivity contribution in [1.29, 1.82) is 0 Å². The summed E-state index contributed by atoms with van der Waals surface area (Å²) in [6.45, 7) is 3.51. The molecule has 0 radical (unpaired) electrons. The Morgan fingerprint density at radius 2 is 1.96 bits per heavy atom. The van der Waals surface area contributed by atoms with Crippen LogP contribution in [0.15, 0.2) is 29.1 Å². The third-order valence-corrected chi connectivity index (χ3v) is 4.82. The van der Waals surface area contributed by atoms with Crippen LogP contribution in [0.1, 0.15) is 13.8 Å². The Morgan fingerprint density at radius 3 is 2.70 bits per heavy atom. The topological polar surface area (TPSA) is 130 Å². The number of H-pyrrole nitrogens is 2. The van der Waals surface area contributed by atoms with E-state index in [0.29, 0.717) is 22.4 Å². The molecule has 9 nitrogen and oxygen atoms in total. The van der Waals surface area contributed by atoms with Crippen molar-refractivity contribution in [1.82, 2.24) is 15.0 Å². The van der Waals surface area contributed by atoms with Crippen LogP contribution in [0.3, 0.4) is 0 Å². The van der Waals surface area contributed by atoms with Gasteiger partial charge in [-0.1, -0.05) is 0 Å². The van der Waals surface area contributed by atoms with E-state index in [2.05, 4.69) is 15.0 Å². The third kappa shape index (κ3) is 3.08. The first kappa shape index (κ1) is 17.9. The number of benzene rings is 1. The second-order valence-corrected chi connectivity index (χ2v) is 7.16. The third-order valence-electron chi connectivity index (χ3n) is 4.82. The van der Waals surface area contributed by atoms with Crippen LogP contribution in [0, 0.1) is 0 Å². The van der Waals surface area contributed by atoms with Crippen molar-refractivity contribution in [3.8, 4) is 5.75 Å². The number of aliphatic hydroxyl groups is 2. The molecular formula is C18H21N3O6. The van der Waals surface area contributed by atoms with Crippen LogP contribution < -0.4 is 10.4 Å². The maximum absolute atomic E-state index is 11.4. The molecule has 4 rings (SSSR count). The minimum atomic E-state index is -1.28. The maximum atomic E-state index is 11.4. The summed E-state index contributed by atoms with van der Waals surface area (Å²) in [5, 5.41) is 21.5. The summed E-state index contributed by atoms with van der Waals surface area (Å²) >= 11 is 0. The molecule has 2 aromatic heterocycles. The van der Waals surface area contributed by atoms with Crippen LogP contribution in [0.2, 0.25) is 0 Å². The Balaban J connectivity index is 1.64. The zero-order chi connectivity index (χ0) is 19.3. The van der Waals surface area contributed by atoms with Crippen molar-refractivity contribution in [2.75, 3.05) is 7.11 Å². The van der Waals surface area contributed by atoms with Gasteiger partial charge in [0.25, 0.3) is 0 Å². The van der Waals surface area contributed by atoms with E-state index in [9.17, 15) is 15.0 Å². The summed E-state index contributed by atoms with van der Waals surface area (Å²) in [6, 6.07) is 6.98. The van der Waals surface area contributed by atoms with E-state index in [-0.39, 0.29) is 5.69 Å². The molecule has 1 aliphatic heterocycles. The van der Waals surface area contributed by atoms with Crippen molar-refractivity contribution >= 4 is 22.1 Å². The van der Waals surface area contributed by atoms with Gasteiger partial charge in [0.15, 0.2) is 5.65 Å². The van der Waals surface area contributed by atoms with Crippen molar-refractivity contribution < 1.29 is 24.4 Å². The molecule has 0 aliphatic carbocycles. The van der Waals surface area contributed by atoms with E-state index in [0.717, 1.165) is 5.39 Å². The maximum Gasteiger partial charge on any atom is 0.325 e. The van der Waals surface area contributed by atoms with Gasteiger partial charge in [0.2, 0.25) is 6.29 Å². The molecule has 1 saturated heterocycles. The molecule has 0 saturated carbocycles. The SMILES string of the molecule is CO[C@@H]1[C@@H](O)C(O)[C@H](Oc2ccc3cc4[nH]c(=O)[nH]c4nc3c2)OC1(C)C. The van der Waals surface area contributed by atoms with Crippen LogP contribution in [-0.2, 0) is 9.47 Å². The normalized spacial score (nSPS) is 27.9. The van der Waals surface area contributed by atoms with Gasteiger partial charge in [0.1, 0.15) is 24.1 Å². The number of fused-ring (bicyclic) bond motifs is 2. The van der Waals surface area contributed by atoms with Crippen LogP contribution in [0.25, 0.3) is 22.1 Å². The first-order valence-corrected chi connectivity index (χ1v) is 8.55. The van der Waals surface area contributed by atoms with Crippen molar-refractivity contribution in [2.45, 2.75) is 44.1 Å². The standard InChI is InChI=1S/C18H21N3O6/c1-18(2)14(25-3)12(22)13(23)16(27-18)26-9-5-4-8-6-11-15(19-10(8)7-9)21-17(24)20-11/h4-7,12-14,16,22-23H,1-3H3,(H2,19,20,21,24)/t12-,13?,14+,16+/m0/s1. The number of methoxy groups -OCH3 is 1. The van der Waals surface area contributed by atoms with E-state index in [4.69, 9.17) is 14.2 Å². The molecule has 0 spiro atoms. The van der Waals surface area contributed by atoms with E-state index in [1.54, 1.807) is 38.1 Å². The number of hydrogen-bond donors (Lipinski definition) is 4. The molecule has 27 heavy (non-hydrogen) atoms. The molecule has 4 atom stereocenters. The predicted molar refractivity (Wildman–Crippen MR) is 96.6 cm³/mol. The number of aromatic nitrogens is 3. The lowest BCUT2D eigenvalue weighted by molar-refractivity contribution is -0.305. The highest BCUT2D eigenvalue weighted by Crippen LogP contribution is 2.33. The average Bonchev–Trinajstić information content (AvgIpc) is 2.96. The summed E-state index contributed by atoms with van der Waals surface area (Å²) in [7, 11) is 1.45. The van der Waals surface area contributed by atoms with Gasteiger partial charge >= 0.3 is 5.69 Å². The van der Waals surface area contributed by atoms with Gasteiger partial charge in [-0.05, 0) is 32.0 Å². The summed E-state index contributed by atoms with van der Waals surface area (Å²) in [4.78, 5) is 21.1. The number of hydrogen-bond acceptors (Lipinski definition) is 7. The predicted octanol–water partition coefficient (Wildman–Crippen LogP) is 0.655. The quantitative estimate of drug-likeness (QED) is 0.529. The highest BCUT2D eigenvalue weighted by atomic mass is 16.7. The van der Waals surface area contributed by atoms with Crippen molar-refractivity contribution in [3.05, 3.63) is 34.7 Å². The number of aromatic amines is 2. The van der Waals surface area contributed by atoms with E-state index in [1.165, 1.54) is 7.11 Å². The first-order chi connectivity index (χ1) is 12.8. The molecule has 4 N–H and O–H groups in total. The van der Waals surface area contributed by atoms with Gasteiger partial charge in [-0.3, -0.25) is 4.98 Å². The zero-order valence-corrected chi connectivity index (χ0v) is 15.1. The lowest BCUT2D eigenvalue weighted by Crippen LogP contribution is -2.63. The molecule has 3 heterocycles. The van der Waals surface area contributed by atoms with Gasteiger partial charge in [-0.2, -0.15) is 0 Å². The highest BCUT2D eigenvalue weighted by molar-refractivity contribution is 5.89. The monoisotopic (exact) mass is 375 g/mol. The molecule has 1 fully saturated rings. The number of ether oxygens (including phenoxy) is 3. The Hall–Kier alpha value is -2.46. The number of aliphatic hydroxyl groups excluding tert-OH is 2. The van der Waals surface area contributed by atoms with Crippen LogP contribution in [0.4, 0.5) is 0 Å². The van der Waals surface area contributed by atoms with E-state index < -0.39 is 30.2 Å². The molecule has 3 aromatic rings. The lowest BCUT2D eigenvalue weighted by Gasteiger charge is -2.46. The van der Waals surface area contributed by atoms with Crippen LogP contribution >= 0.6 is 0 Å². The van der Waals surface area contributed by atoms with Crippen molar-refractivity contribution in [2.24, 2.45) is 0 Å². The summed E-state index contributed by atoms with van der Waals surface area (Å²) in [5.74, 6) is 0.412. The Bertz CT molecular complexity index is 1040. The molecule has 1 aliphatic rings. The number of nitrogens with zero attached hydrogens (tertiary/aromatic N) is 1. The minimum absolute atomic E-state index is 0.327. The lowest BCUT2D eigenvalue weighted by atomic mass is 9.89. The molecule has 9 heteroatoms. The minimum Gasteiger partial charge on any atom is -0.462 e. The fraction of sp³-hybridized carbons (Fsp3) is 0.444. The van der Waals surface area contributed by atoms with Gasteiger partial charge in [0, 0.05) is 18.6 Å². The van der Waals surface area contributed by atoms with Gasteiger partial charge in [-0.25, -0.2) is 9.78 Å². The fourth-order valence-corrected chi connectivity index (χ4v) is 3.51. The largest absolute Gasteiger partial charge is 0.462 e. The fourth-order valence-electron chi connectivity index (χ4n) is 3.51. The second kappa shape index (κ2) is 6.31. The number of nitrogens with one attached hydrogen (secondary N) is 2. The van der Waals surface area contributed by atoms with Gasteiger partial charge in [0.05, 0.1) is 16.6 Å². The second-order valence-electron chi connectivity index (χ2n) is 7.16. The summed E-state index contributed by atoms with van der Waals surface area (Å²) in [6.07, 6.45) is -4.21. The zero-order valence-electron chi connectivity index (χ0n) is 15.1. The van der Waals surface area contributed by atoms with Crippen molar-refractivity contribution in [3.63, 3.8) is 0 Å². The first-order valence-electron chi connectivity index (χ1n) is 8.55. The number of pyridine rings is 1. The Kier molecular flexibility index (Phi) is 4.19. The molecule has 1 aromatic carbocycles.